The average molecular weight is 808 g/mol. The number of hydrogen-bond acceptors (Lipinski definition) is 3. The average Bonchev–Trinajstić information content (AvgIpc) is 3.72. The van der Waals surface area contributed by atoms with Gasteiger partial charge in [-0.25, -0.2) is 0 Å². The first-order chi connectivity index (χ1) is 30.8. The van der Waals surface area contributed by atoms with E-state index in [1.165, 1.54) is 33.4 Å². The summed E-state index contributed by atoms with van der Waals surface area (Å²) in [5.74, 6) is 0. The zero-order chi connectivity index (χ0) is 42.7. The third kappa shape index (κ3) is 6.10. The summed E-state index contributed by atoms with van der Waals surface area (Å²) in [6.07, 6.45) is 0. The van der Waals surface area contributed by atoms with Crippen molar-refractivity contribution < 1.29 is 0 Å². The molecule has 9 aromatic carbocycles. The molecule has 0 fully saturated rings. The van der Waals surface area contributed by atoms with Crippen LogP contribution in [0.2, 0.25) is 0 Å². The number of nitrogens with zero attached hydrogens (tertiary/aromatic N) is 3. The Labute approximate surface area is 370 Å². The number of nitriles is 1. The van der Waals surface area contributed by atoms with Gasteiger partial charge in [0.25, 0.3) is 0 Å². The standard InChI is InChI=1S/C60H45N3/c1-59(2)53-36-45(62(43-24-12-6-13-25-43)57-30-18-16-28-47(57)41-20-8-4-9-21-41)32-34-49(53)51-39-56-52(38-54(51)59)50-35-33-46(37-55(50)60(56,3)40-61)63(44-26-14-7-15-27-44)58-31-19-17-29-48(58)42-22-10-5-11-23-42/h4-39H,1-3H3. The lowest BCUT2D eigenvalue weighted by Crippen LogP contribution is -2.19. The Bertz CT molecular complexity index is 3220. The van der Waals surface area contributed by atoms with Gasteiger partial charge in [0.2, 0.25) is 0 Å². The number of anilines is 6. The van der Waals surface area contributed by atoms with Crippen molar-refractivity contribution in [1.29, 1.82) is 5.26 Å². The van der Waals surface area contributed by atoms with Crippen LogP contribution in [0.3, 0.4) is 0 Å². The highest BCUT2D eigenvalue weighted by Crippen LogP contribution is 2.58. The Morgan fingerprint density at radius 2 is 0.698 bits per heavy atom. The van der Waals surface area contributed by atoms with Crippen LogP contribution in [0.25, 0.3) is 44.5 Å². The fourth-order valence-electron chi connectivity index (χ4n) is 10.2. The molecule has 0 radical (unpaired) electrons. The van der Waals surface area contributed by atoms with Gasteiger partial charge in [-0.1, -0.05) is 159 Å². The molecule has 9 aromatic rings. The van der Waals surface area contributed by atoms with E-state index >= 15 is 0 Å². The van der Waals surface area contributed by atoms with Crippen molar-refractivity contribution in [2.24, 2.45) is 0 Å². The van der Waals surface area contributed by atoms with Gasteiger partial charge in [-0.3, -0.25) is 0 Å². The van der Waals surface area contributed by atoms with Gasteiger partial charge in [-0.15, -0.1) is 0 Å². The summed E-state index contributed by atoms with van der Waals surface area (Å²) in [7, 11) is 0. The number of hydrogen-bond donors (Lipinski definition) is 0. The van der Waals surface area contributed by atoms with Crippen molar-refractivity contribution in [1.82, 2.24) is 0 Å². The molecule has 0 saturated heterocycles. The lowest BCUT2D eigenvalue weighted by Gasteiger charge is -2.29. The summed E-state index contributed by atoms with van der Waals surface area (Å²) < 4.78 is 0. The van der Waals surface area contributed by atoms with Crippen molar-refractivity contribution >= 4 is 34.1 Å². The van der Waals surface area contributed by atoms with Crippen LogP contribution < -0.4 is 9.80 Å². The van der Waals surface area contributed by atoms with Crippen LogP contribution in [0.4, 0.5) is 34.1 Å². The second kappa shape index (κ2) is 14.9. The molecular weight excluding hydrogens is 763 g/mol. The largest absolute Gasteiger partial charge is 0.310 e. The maximum atomic E-state index is 11.3. The summed E-state index contributed by atoms with van der Waals surface area (Å²) >= 11 is 0. The van der Waals surface area contributed by atoms with Crippen LogP contribution in [0, 0.1) is 11.3 Å². The van der Waals surface area contributed by atoms with E-state index in [1.54, 1.807) is 0 Å². The molecule has 1 unspecified atom stereocenters. The van der Waals surface area contributed by atoms with E-state index in [0.29, 0.717) is 0 Å². The Morgan fingerprint density at radius 3 is 1.19 bits per heavy atom. The summed E-state index contributed by atoms with van der Waals surface area (Å²) in [5, 5.41) is 11.3. The van der Waals surface area contributed by atoms with Crippen molar-refractivity contribution in [2.75, 3.05) is 9.80 Å². The highest BCUT2D eigenvalue weighted by atomic mass is 15.2. The predicted molar refractivity (Wildman–Crippen MR) is 262 cm³/mol. The zero-order valence-electron chi connectivity index (χ0n) is 35.6. The topological polar surface area (TPSA) is 30.3 Å². The molecule has 11 rings (SSSR count). The normalized spacial score (nSPS) is 15.1. The van der Waals surface area contributed by atoms with Crippen LogP contribution >= 0.6 is 0 Å². The Kier molecular flexibility index (Phi) is 9.00. The lowest BCUT2D eigenvalue weighted by molar-refractivity contribution is 0.660. The first-order valence-corrected chi connectivity index (χ1v) is 21.7. The summed E-state index contributed by atoms with van der Waals surface area (Å²) in [5.41, 5.74) is 19.3. The van der Waals surface area contributed by atoms with Gasteiger partial charge in [0, 0.05) is 39.3 Å². The first-order valence-electron chi connectivity index (χ1n) is 21.7. The van der Waals surface area contributed by atoms with Crippen LogP contribution in [-0.4, -0.2) is 0 Å². The van der Waals surface area contributed by atoms with Gasteiger partial charge in [0.05, 0.1) is 17.4 Å². The quantitative estimate of drug-likeness (QED) is 0.153. The molecule has 0 bridgehead atoms. The second-order valence-corrected chi connectivity index (χ2v) is 17.4. The maximum absolute atomic E-state index is 11.3. The maximum Gasteiger partial charge on any atom is 0.106 e. The molecule has 63 heavy (non-hydrogen) atoms. The molecule has 3 nitrogen and oxygen atoms in total. The molecule has 2 aliphatic rings. The minimum Gasteiger partial charge on any atom is -0.310 e. The fourth-order valence-corrected chi connectivity index (χ4v) is 10.2. The van der Waals surface area contributed by atoms with Crippen molar-refractivity contribution in [2.45, 2.75) is 31.6 Å². The summed E-state index contributed by atoms with van der Waals surface area (Å²) in [4.78, 5) is 4.72. The molecule has 2 aliphatic carbocycles. The lowest BCUT2D eigenvalue weighted by atomic mass is 9.79. The SMILES string of the molecule is CC1(C)c2cc(N(c3ccccc3)c3ccccc3-c3ccccc3)ccc2-c2cc3c(cc21)-c1ccc(N(c2ccccc2)c2ccccc2-c2ccccc2)cc1C3(C)C#N. The van der Waals surface area contributed by atoms with Crippen LogP contribution in [0.1, 0.15) is 43.0 Å². The number of rotatable bonds is 8. The van der Waals surface area contributed by atoms with E-state index in [2.05, 4.69) is 255 Å². The molecule has 0 spiro atoms. The van der Waals surface area contributed by atoms with Gasteiger partial charge >= 0.3 is 0 Å². The van der Waals surface area contributed by atoms with E-state index in [1.807, 2.05) is 0 Å². The third-order valence-corrected chi connectivity index (χ3v) is 13.4. The molecule has 0 aliphatic heterocycles. The minimum atomic E-state index is -0.866. The smallest absolute Gasteiger partial charge is 0.106 e. The molecule has 0 aromatic heterocycles. The molecule has 1 atom stereocenters. The van der Waals surface area contributed by atoms with Crippen LogP contribution in [0.15, 0.2) is 218 Å². The van der Waals surface area contributed by atoms with Gasteiger partial charge in [-0.05, 0) is 135 Å². The Hall–Kier alpha value is -7.93. The third-order valence-electron chi connectivity index (χ3n) is 13.4. The Balaban J connectivity index is 1.03. The van der Waals surface area contributed by atoms with Crippen LogP contribution in [-0.2, 0) is 10.8 Å². The van der Waals surface area contributed by atoms with Gasteiger partial charge < -0.3 is 9.80 Å². The molecule has 3 heteroatoms. The molecule has 0 heterocycles. The number of fused-ring (bicyclic) bond motifs is 6. The van der Waals surface area contributed by atoms with E-state index in [9.17, 15) is 5.26 Å². The Morgan fingerprint density at radius 1 is 0.333 bits per heavy atom. The van der Waals surface area contributed by atoms with Gasteiger partial charge in [0.1, 0.15) is 5.41 Å². The van der Waals surface area contributed by atoms with Crippen molar-refractivity contribution in [3.63, 3.8) is 0 Å². The van der Waals surface area contributed by atoms with Gasteiger partial charge in [-0.2, -0.15) is 5.26 Å². The number of para-hydroxylation sites is 4. The number of benzene rings is 9. The van der Waals surface area contributed by atoms with Gasteiger partial charge in [0.15, 0.2) is 0 Å². The molecule has 0 saturated carbocycles. The highest BCUT2D eigenvalue weighted by molar-refractivity contribution is 5.95. The highest BCUT2D eigenvalue weighted by Gasteiger charge is 2.44. The fraction of sp³-hybridized carbons (Fsp3) is 0.0833. The monoisotopic (exact) mass is 807 g/mol. The predicted octanol–water partition coefficient (Wildman–Crippen LogP) is 16.1. The van der Waals surface area contributed by atoms with Crippen molar-refractivity contribution in [3.05, 3.63) is 241 Å². The van der Waals surface area contributed by atoms with E-state index in [-0.39, 0.29) is 5.41 Å². The second-order valence-electron chi connectivity index (χ2n) is 17.4. The van der Waals surface area contributed by atoms with E-state index in [0.717, 1.165) is 67.5 Å². The molecular formula is C60H45N3. The summed E-state index contributed by atoms with van der Waals surface area (Å²) in [6, 6.07) is 80.9. The summed E-state index contributed by atoms with van der Waals surface area (Å²) in [6.45, 7) is 6.80. The van der Waals surface area contributed by atoms with Crippen LogP contribution in [0.5, 0.6) is 0 Å². The van der Waals surface area contributed by atoms with E-state index in [4.69, 9.17) is 0 Å². The van der Waals surface area contributed by atoms with Crippen molar-refractivity contribution in [3.8, 4) is 50.6 Å². The molecule has 300 valence electrons. The first kappa shape index (κ1) is 38.0. The molecule has 0 N–H and O–H groups in total. The van der Waals surface area contributed by atoms with E-state index < -0.39 is 5.41 Å². The molecule has 0 amide bonds. The minimum absolute atomic E-state index is 0.298. The zero-order valence-corrected chi connectivity index (χ0v) is 35.6.